The van der Waals surface area contributed by atoms with Crippen LogP contribution in [0.25, 0.3) is 0 Å². The van der Waals surface area contributed by atoms with Crippen molar-refractivity contribution in [3.05, 3.63) is 53.3 Å². The molecule has 0 radical (unpaired) electrons. The zero-order valence-corrected chi connectivity index (χ0v) is 18.8. The number of nitrogens with zero attached hydrogens (tertiary/aromatic N) is 2. The van der Waals surface area contributed by atoms with Gasteiger partial charge in [-0.1, -0.05) is 0 Å². The molecule has 6 nitrogen and oxygen atoms in total. The van der Waals surface area contributed by atoms with E-state index < -0.39 is 0 Å². The third kappa shape index (κ3) is 5.15. The fourth-order valence-corrected chi connectivity index (χ4v) is 4.40. The number of hydrogen-bond donors (Lipinski definition) is 0. The van der Waals surface area contributed by atoms with Crippen LogP contribution in [0, 0.1) is 5.82 Å². The van der Waals surface area contributed by atoms with E-state index in [4.69, 9.17) is 14.2 Å². The number of amides is 1. The molecule has 2 heterocycles. The summed E-state index contributed by atoms with van der Waals surface area (Å²) in [6.07, 6.45) is 3.70. The first-order valence-corrected chi connectivity index (χ1v) is 11.3. The van der Waals surface area contributed by atoms with Crippen molar-refractivity contribution < 1.29 is 23.4 Å². The van der Waals surface area contributed by atoms with Gasteiger partial charge in [-0.2, -0.15) is 0 Å². The van der Waals surface area contributed by atoms with Crippen molar-refractivity contribution in [3.8, 4) is 17.2 Å². The molecule has 1 amide bonds. The quantitative estimate of drug-likeness (QED) is 0.646. The Balaban J connectivity index is 1.40. The summed E-state index contributed by atoms with van der Waals surface area (Å²) in [5.74, 6) is 1.71. The van der Waals surface area contributed by atoms with Gasteiger partial charge in [-0.05, 0) is 56.0 Å². The number of piperidine rings is 1. The first-order chi connectivity index (χ1) is 15.6. The van der Waals surface area contributed by atoms with Gasteiger partial charge in [0, 0.05) is 44.4 Å². The molecule has 7 heteroatoms. The van der Waals surface area contributed by atoms with Crippen molar-refractivity contribution in [1.82, 2.24) is 9.80 Å². The van der Waals surface area contributed by atoms with Crippen LogP contribution in [0.2, 0.25) is 0 Å². The fourth-order valence-electron chi connectivity index (χ4n) is 4.40. The Hall–Kier alpha value is -2.80. The molecule has 2 fully saturated rings. The SMILES string of the molecule is COc1ccc(F)c(CN2CCC(Oc3cc(OC)ccc3C(=O)N3CCCC3)CC2)c1. The van der Waals surface area contributed by atoms with Gasteiger partial charge in [-0.25, -0.2) is 4.39 Å². The summed E-state index contributed by atoms with van der Waals surface area (Å²) in [6.45, 7) is 3.71. The molecule has 0 aromatic heterocycles. The van der Waals surface area contributed by atoms with Crippen LogP contribution in [-0.2, 0) is 6.54 Å². The lowest BCUT2D eigenvalue weighted by atomic mass is 10.1. The summed E-state index contributed by atoms with van der Waals surface area (Å²) in [6, 6.07) is 10.3. The lowest BCUT2D eigenvalue weighted by Crippen LogP contribution is -2.38. The van der Waals surface area contributed by atoms with Gasteiger partial charge in [0.05, 0.1) is 19.8 Å². The van der Waals surface area contributed by atoms with Crippen LogP contribution in [0.3, 0.4) is 0 Å². The van der Waals surface area contributed by atoms with Crippen molar-refractivity contribution in [1.29, 1.82) is 0 Å². The maximum absolute atomic E-state index is 14.2. The summed E-state index contributed by atoms with van der Waals surface area (Å²) in [4.78, 5) is 17.1. The molecule has 2 saturated heterocycles. The molecule has 0 aliphatic carbocycles. The second-order valence-electron chi connectivity index (χ2n) is 8.41. The van der Waals surface area contributed by atoms with E-state index in [1.165, 1.54) is 6.07 Å². The Morgan fingerprint density at radius 2 is 1.62 bits per heavy atom. The number of likely N-dealkylation sites (tertiary alicyclic amines) is 2. The summed E-state index contributed by atoms with van der Waals surface area (Å²) in [5, 5.41) is 0. The topological polar surface area (TPSA) is 51.2 Å². The Bertz CT molecular complexity index is 938. The number of rotatable bonds is 7. The molecule has 2 aromatic carbocycles. The highest BCUT2D eigenvalue weighted by atomic mass is 19.1. The summed E-state index contributed by atoms with van der Waals surface area (Å²) < 4.78 is 31.1. The van der Waals surface area contributed by atoms with E-state index in [2.05, 4.69) is 4.90 Å². The Morgan fingerprint density at radius 1 is 0.969 bits per heavy atom. The highest BCUT2D eigenvalue weighted by molar-refractivity contribution is 5.97. The number of halogens is 1. The number of benzene rings is 2. The minimum absolute atomic E-state index is 0.00126. The maximum Gasteiger partial charge on any atom is 0.257 e. The summed E-state index contributed by atoms with van der Waals surface area (Å²) in [5.41, 5.74) is 1.23. The number of carbonyl (C=O) groups is 1. The average molecular weight is 443 g/mol. The molecular weight excluding hydrogens is 411 g/mol. The predicted molar refractivity (Wildman–Crippen MR) is 120 cm³/mol. The van der Waals surface area contributed by atoms with Crippen LogP contribution in [0.5, 0.6) is 17.2 Å². The van der Waals surface area contributed by atoms with Crippen molar-refractivity contribution in [2.24, 2.45) is 0 Å². The number of hydrogen-bond acceptors (Lipinski definition) is 5. The number of ether oxygens (including phenoxy) is 3. The molecule has 0 saturated carbocycles. The lowest BCUT2D eigenvalue weighted by Gasteiger charge is -2.32. The van der Waals surface area contributed by atoms with E-state index in [1.807, 2.05) is 4.90 Å². The molecular formula is C25H31FN2O4. The second-order valence-corrected chi connectivity index (χ2v) is 8.41. The van der Waals surface area contributed by atoms with Gasteiger partial charge in [0.15, 0.2) is 0 Å². The van der Waals surface area contributed by atoms with Crippen molar-refractivity contribution in [3.63, 3.8) is 0 Å². The van der Waals surface area contributed by atoms with Crippen LogP contribution in [-0.4, -0.2) is 62.2 Å². The number of methoxy groups -OCH3 is 2. The molecule has 2 aliphatic rings. The first kappa shape index (κ1) is 22.4. The maximum atomic E-state index is 14.2. The standard InChI is InChI=1S/C25H31FN2O4/c1-30-20-6-8-23(26)18(15-20)17-27-13-9-19(10-14-27)32-24-16-21(31-2)5-7-22(24)25(29)28-11-3-4-12-28/h5-8,15-16,19H,3-4,9-14,17H2,1-2H3. The third-order valence-electron chi connectivity index (χ3n) is 6.29. The van der Waals surface area contributed by atoms with Crippen LogP contribution in [0.4, 0.5) is 4.39 Å². The first-order valence-electron chi connectivity index (χ1n) is 11.3. The van der Waals surface area contributed by atoms with Gasteiger partial charge in [0.25, 0.3) is 5.91 Å². The highest BCUT2D eigenvalue weighted by Crippen LogP contribution is 2.30. The van der Waals surface area contributed by atoms with E-state index in [0.29, 0.717) is 34.9 Å². The van der Waals surface area contributed by atoms with Gasteiger partial charge in [-0.15, -0.1) is 0 Å². The van der Waals surface area contributed by atoms with Crippen molar-refractivity contribution >= 4 is 5.91 Å². The molecule has 172 valence electrons. The smallest absolute Gasteiger partial charge is 0.257 e. The molecule has 2 aliphatic heterocycles. The third-order valence-corrected chi connectivity index (χ3v) is 6.29. The molecule has 0 spiro atoms. The number of carbonyl (C=O) groups excluding carboxylic acids is 1. The zero-order valence-electron chi connectivity index (χ0n) is 18.8. The summed E-state index contributed by atoms with van der Waals surface area (Å²) >= 11 is 0. The van der Waals surface area contributed by atoms with Crippen LogP contribution < -0.4 is 14.2 Å². The molecule has 0 unspecified atom stereocenters. The lowest BCUT2D eigenvalue weighted by molar-refractivity contribution is 0.0764. The van der Waals surface area contributed by atoms with Crippen LogP contribution in [0.15, 0.2) is 36.4 Å². The Labute approximate surface area is 188 Å². The van der Waals surface area contributed by atoms with Gasteiger partial charge >= 0.3 is 0 Å². The Morgan fingerprint density at radius 3 is 2.31 bits per heavy atom. The molecule has 0 bridgehead atoms. The van der Waals surface area contributed by atoms with Crippen molar-refractivity contribution in [2.45, 2.75) is 38.3 Å². The largest absolute Gasteiger partial charge is 0.497 e. The van der Waals surface area contributed by atoms with E-state index in [0.717, 1.165) is 51.9 Å². The highest BCUT2D eigenvalue weighted by Gasteiger charge is 2.26. The van der Waals surface area contributed by atoms with Gasteiger partial charge in [-0.3, -0.25) is 9.69 Å². The van der Waals surface area contributed by atoms with Gasteiger partial charge in [0.2, 0.25) is 0 Å². The molecule has 0 atom stereocenters. The van der Waals surface area contributed by atoms with Crippen LogP contribution in [0.1, 0.15) is 41.6 Å². The van der Waals surface area contributed by atoms with E-state index in [9.17, 15) is 9.18 Å². The van der Waals surface area contributed by atoms with E-state index in [1.54, 1.807) is 44.6 Å². The van der Waals surface area contributed by atoms with Crippen molar-refractivity contribution in [2.75, 3.05) is 40.4 Å². The molecule has 0 N–H and O–H groups in total. The van der Waals surface area contributed by atoms with Gasteiger partial charge in [0.1, 0.15) is 29.2 Å². The van der Waals surface area contributed by atoms with E-state index >= 15 is 0 Å². The monoisotopic (exact) mass is 442 g/mol. The molecule has 2 aromatic rings. The second kappa shape index (κ2) is 10.2. The average Bonchev–Trinajstić information content (AvgIpc) is 3.36. The fraction of sp³-hybridized carbons (Fsp3) is 0.480. The predicted octanol–water partition coefficient (Wildman–Crippen LogP) is 4.12. The minimum Gasteiger partial charge on any atom is -0.497 e. The molecule has 32 heavy (non-hydrogen) atoms. The summed E-state index contributed by atoms with van der Waals surface area (Å²) in [7, 11) is 3.19. The van der Waals surface area contributed by atoms with Gasteiger partial charge < -0.3 is 19.1 Å². The minimum atomic E-state index is -0.217. The van der Waals surface area contributed by atoms with Crippen LogP contribution >= 0.6 is 0 Å². The van der Waals surface area contributed by atoms with E-state index in [-0.39, 0.29) is 17.8 Å². The zero-order chi connectivity index (χ0) is 22.5. The normalized spacial score (nSPS) is 17.4. The Kier molecular flexibility index (Phi) is 7.15. The molecule has 4 rings (SSSR count).